The topological polar surface area (TPSA) is 21.3 Å². The van der Waals surface area contributed by atoms with Crippen LogP contribution in [0, 0.1) is 11.3 Å². The molecule has 0 heterocycles. The zero-order valence-electron chi connectivity index (χ0n) is 11.6. The van der Waals surface area contributed by atoms with Crippen molar-refractivity contribution in [1.82, 2.24) is 5.32 Å². The average molecular weight is 239 g/mol. The third kappa shape index (κ3) is 4.59. The van der Waals surface area contributed by atoms with Crippen molar-refractivity contribution in [3.8, 4) is 0 Å². The number of hydrogen-bond donors (Lipinski definition) is 1. The van der Waals surface area contributed by atoms with Crippen LogP contribution in [0.4, 0.5) is 0 Å². The summed E-state index contributed by atoms with van der Waals surface area (Å²) < 4.78 is 5.77. The predicted octanol–water partition coefficient (Wildman–Crippen LogP) is 3.36. The molecule has 2 fully saturated rings. The quantitative estimate of drug-likeness (QED) is 0.623. The maximum Gasteiger partial charge on any atom is 0.0471 e. The van der Waals surface area contributed by atoms with Gasteiger partial charge in [-0.05, 0) is 49.9 Å². The molecular formula is C15H29NO. The van der Waals surface area contributed by atoms with Gasteiger partial charge in [0.05, 0.1) is 0 Å². The van der Waals surface area contributed by atoms with E-state index in [-0.39, 0.29) is 0 Å². The number of rotatable bonds is 9. The Morgan fingerprint density at radius 1 is 1.24 bits per heavy atom. The zero-order valence-corrected chi connectivity index (χ0v) is 11.6. The van der Waals surface area contributed by atoms with Gasteiger partial charge in [-0.3, -0.25) is 0 Å². The van der Waals surface area contributed by atoms with Gasteiger partial charge in [-0.1, -0.05) is 20.3 Å². The van der Waals surface area contributed by atoms with Crippen molar-refractivity contribution in [1.29, 1.82) is 0 Å². The van der Waals surface area contributed by atoms with Crippen LogP contribution in [0.5, 0.6) is 0 Å². The fourth-order valence-corrected chi connectivity index (χ4v) is 2.55. The van der Waals surface area contributed by atoms with E-state index in [4.69, 9.17) is 4.74 Å². The van der Waals surface area contributed by atoms with Crippen LogP contribution in [0.3, 0.4) is 0 Å². The summed E-state index contributed by atoms with van der Waals surface area (Å²) in [5, 5.41) is 3.70. The first-order valence-electron chi connectivity index (χ1n) is 7.51. The van der Waals surface area contributed by atoms with Crippen molar-refractivity contribution >= 4 is 0 Å². The molecule has 0 aliphatic heterocycles. The number of ether oxygens (including phenoxy) is 1. The van der Waals surface area contributed by atoms with E-state index in [2.05, 4.69) is 19.2 Å². The summed E-state index contributed by atoms with van der Waals surface area (Å²) in [6.07, 6.45) is 9.54. The second-order valence-corrected chi connectivity index (χ2v) is 6.55. The monoisotopic (exact) mass is 239 g/mol. The van der Waals surface area contributed by atoms with Crippen LogP contribution in [0.1, 0.15) is 58.8 Å². The molecule has 0 aromatic heterocycles. The van der Waals surface area contributed by atoms with Crippen LogP contribution in [0.2, 0.25) is 0 Å². The molecule has 0 aromatic carbocycles. The third-order valence-electron chi connectivity index (χ3n) is 4.37. The first-order valence-corrected chi connectivity index (χ1v) is 7.51. The summed E-state index contributed by atoms with van der Waals surface area (Å²) in [6, 6.07) is 0.856. The highest BCUT2D eigenvalue weighted by Gasteiger charge is 2.37. The third-order valence-corrected chi connectivity index (χ3v) is 4.37. The highest BCUT2D eigenvalue weighted by atomic mass is 16.5. The molecule has 1 N–H and O–H groups in total. The van der Waals surface area contributed by atoms with E-state index in [0.717, 1.165) is 25.2 Å². The van der Waals surface area contributed by atoms with Crippen molar-refractivity contribution in [3.63, 3.8) is 0 Å². The lowest BCUT2D eigenvalue weighted by atomic mass is 9.66. The molecule has 0 aromatic rings. The highest BCUT2D eigenvalue weighted by molar-refractivity contribution is 4.92. The standard InChI is InChI=1S/C15H29NO/c1-13(2)6-10-17-11-9-15(7-3-8-15)12-16-14-4-5-14/h13-14,16H,3-12H2,1-2H3. The Kier molecular flexibility index (Phi) is 4.87. The molecule has 2 rings (SSSR count). The van der Waals surface area contributed by atoms with Crippen LogP contribution < -0.4 is 5.32 Å². The molecular weight excluding hydrogens is 210 g/mol. The lowest BCUT2D eigenvalue weighted by molar-refractivity contribution is 0.0458. The SMILES string of the molecule is CC(C)CCOCCC1(CNC2CC2)CCC1. The molecule has 0 radical (unpaired) electrons. The molecule has 0 amide bonds. The Morgan fingerprint density at radius 2 is 2.00 bits per heavy atom. The van der Waals surface area contributed by atoms with Crippen molar-refractivity contribution in [2.24, 2.45) is 11.3 Å². The van der Waals surface area contributed by atoms with Crippen molar-refractivity contribution in [2.75, 3.05) is 19.8 Å². The Labute approximate surface area is 107 Å². The van der Waals surface area contributed by atoms with E-state index >= 15 is 0 Å². The second kappa shape index (κ2) is 6.19. The van der Waals surface area contributed by atoms with E-state index in [1.807, 2.05) is 0 Å². The first kappa shape index (κ1) is 13.4. The molecule has 0 saturated heterocycles. The molecule has 2 aliphatic carbocycles. The normalized spacial score (nSPS) is 22.8. The van der Waals surface area contributed by atoms with Gasteiger partial charge in [0.25, 0.3) is 0 Å². The molecule has 2 heteroatoms. The summed E-state index contributed by atoms with van der Waals surface area (Å²) in [5.74, 6) is 0.768. The van der Waals surface area contributed by atoms with Crippen LogP contribution in [0.15, 0.2) is 0 Å². The summed E-state index contributed by atoms with van der Waals surface area (Å²) >= 11 is 0. The minimum absolute atomic E-state index is 0.598. The lowest BCUT2D eigenvalue weighted by Crippen LogP contribution is -2.41. The van der Waals surface area contributed by atoms with Gasteiger partial charge in [-0.15, -0.1) is 0 Å². The Morgan fingerprint density at radius 3 is 2.53 bits per heavy atom. The first-order chi connectivity index (χ1) is 8.20. The van der Waals surface area contributed by atoms with Gasteiger partial charge in [0.2, 0.25) is 0 Å². The molecule has 2 aliphatic rings. The summed E-state index contributed by atoms with van der Waals surface area (Å²) in [6.45, 7) is 7.68. The molecule has 2 saturated carbocycles. The molecule has 100 valence electrons. The van der Waals surface area contributed by atoms with Gasteiger partial charge in [0.1, 0.15) is 0 Å². The number of hydrogen-bond acceptors (Lipinski definition) is 2. The largest absolute Gasteiger partial charge is 0.381 e. The summed E-state index contributed by atoms with van der Waals surface area (Å²) in [5.41, 5.74) is 0.598. The minimum atomic E-state index is 0.598. The van der Waals surface area contributed by atoms with E-state index in [9.17, 15) is 0 Å². The molecule has 2 nitrogen and oxygen atoms in total. The molecule has 0 spiro atoms. The summed E-state index contributed by atoms with van der Waals surface area (Å²) in [7, 11) is 0. The Balaban J connectivity index is 1.54. The van der Waals surface area contributed by atoms with Crippen LogP contribution in [0.25, 0.3) is 0 Å². The van der Waals surface area contributed by atoms with Gasteiger partial charge in [-0.25, -0.2) is 0 Å². The summed E-state index contributed by atoms with van der Waals surface area (Å²) in [4.78, 5) is 0. The lowest BCUT2D eigenvalue weighted by Gasteiger charge is -2.42. The van der Waals surface area contributed by atoms with Gasteiger partial charge in [-0.2, -0.15) is 0 Å². The van der Waals surface area contributed by atoms with E-state index in [1.54, 1.807) is 0 Å². The van der Waals surface area contributed by atoms with Gasteiger partial charge >= 0.3 is 0 Å². The van der Waals surface area contributed by atoms with Crippen LogP contribution in [-0.4, -0.2) is 25.8 Å². The van der Waals surface area contributed by atoms with Gasteiger partial charge < -0.3 is 10.1 Å². The molecule has 17 heavy (non-hydrogen) atoms. The maximum absolute atomic E-state index is 5.77. The van der Waals surface area contributed by atoms with E-state index in [0.29, 0.717) is 5.41 Å². The molecule has 0 unspecified atom stereocenters. The van der Waals surface area contributed by atoms with E-state index in [1.165, 1.54) is 51.5 Å². The minimum Gasteiger partial charge on any atom is -0.381 e. The smallest absolute Gasteiger partial charge is 0.0471 e. The Hall–Kier alpha value is -0.0800. The van der Waals surface area contributed by atoms with Crippen LogP contribution >= 0.6 is 0 Å². The molecule has 0 bridgehead atoms. The van der Waals surface area contributed by atoms with E-state index < -0.39 is 0 Å². The van der Waals surface area contributed by atoms with Gasteiger partial charge in [0.15, 0.2) is 0 Å². The highest BCUT2D eigenvalue weighted by Crippen LogP contribution is 2.43. The molecule has 0 atom stereocenters. The Bertz CT molecular complexity index is 219. The zero-order chi connectivity index (χ0) is 12.1. The second-order valence-electron chi connectivity index (χ2n) is 6.55. The van der Waals surface area contributed by atoms with Crippen molar-refractivity contribution in [3.05, 3.63) is 0 Å². The van der Waals surface area contributed by atoms with Crippen molar-refractivity contribution < 1.29 is 4.74 Å². The predicted molar refractivity (Wildman–Crippen MR) is 72.2 cm³/mol. The van der Waals surface area contributed by atoms with Gasteiger partial charge in [0, 0.05) is 25.8 Å². The average Bonchev–Trinajstić information content (AvgIpc) is 3.03. The van der Waals surface area contributed by atoms with Crippen LogP contribution in [-0.2, 0) is 4.74 Å². The van der Waals surface area contributed by atoms with Crippen molar-refractivity contribution in [2.45, 2.75) is 64.8 Å². The maximum atomic E-state index is 5.77. The fourth-order valence-electron chi connectivity index (χ4n) is 2.55. The fraction of sp³-hybridized carbons (Fsp3) is 1.00. The number of nitrogens with one attached hydrogen (secondary N) is 1.